The van der Waals surface area contributed by atoms with Crippen LogP contribution in [0.3, 0.4) is 0 Å². The molecule has 1 aliphatic rings. The fourth-order valence-corrected chi connectivity index (χ4v) is 4.75. The Morgan fingerprint density at radius 1 is 0.971 bits per heavy atom. The van der Waals surface area contributed by atoms with Crippen LogP contribution < -0.4 is 4.90 Å². The molecule has 1 aliphatic heterocycles. The van der Waals surface area contributed by atoms with Crippen LogP contribution in [0.25, 0.3) is 11.8 Å². The molecule has 174 valence electrons. The van der Waals surface area contributed by atoms with Crippen LogP contribution in [0.2, 0.25) is 10.0 Å². The third-order valence-corrected chi connectivity index (χ3v) is 6.19. The Morgan fingerprint density at radius 3 is 2.18 bits per heavy atom. The third kappa shape index (κ3) is 4.15. The minimum Gasteiger partial charge on any atom is -0.465 e. The molecule has 0 unspecified atom stereocenters. The molecule has 0 atom stereocenters. The molecule has 1 amide bonds. The molecule has 4 rings (SSSR count). The second-order valence-electron chi connectivity index (χ2n) is 7.92. The molecule has 5 nitrogen and oxygen atoms in total. The summed E-state index contributed by atoms with van der Waals surface area (Å²) in [6.45, 7) is 5.48. The van der Waals surface area contributed by atoms with E-state index >= 15 is 0 Å². The normalized spacial score (nSPS) is 15.0. The highest BCUT2D eigenvalue weighted by atomic mass is 35.5. The second kappa shape index (κ2) is 9.12. The van der Waals surface area contributed by atoms with Crippen molar-refractivity contribution in [1.29, 1.82) is 0 Å². The number of anilines is 1. The zero-order chi connectivity index (χ0) is 24.7. The number of benzene rings is 2. The van der Waals surface area contributed by atoms with Crippen molar-refractivity contribution in [3.8, 4) is 5.69 Å². The van der Waals surface area contributed by atoms with Crippen LogP contribution >= 0.6 is 23.2 Å². The average molecular weight is 499 g/mol. The van der Waals surface area contributed by atoms with Gasteiger partial charge < -0.3 is 9.30 Å². The van der Waals surface area contributed by atoms with Crippen molar-refractivity contribution in [1.82, 2.24) is 4.57 Å². The van der Waals surface area contributed by atoms with Gasteiger partial charge in [0.05, 0.1) is 23.9 Å². The molecule has 0 bridgehead atoms. The first-order valence-corrected chi connectivity index (χ1v) is 11.1. The summed E-state index contributed by atoms with van der Waals surface area (Å²) in [5, 5.41) is 0.728. The van der Waals surface area contributed by atoms with Crippen molar-refractivity contribution in [2.24, 2.45) is 0 Å². The molecular formula is C26H21Cl2FN2O3. The lowest BCUT2D eigenvalue weighted by Crippen LogP contribution is -2.24. The third-order valence-electron chi connectivity index (χ3n) is 5.75. The summed E-state index contributed by atoms with van der Waals surface area (Å²) in [5.41, 5.74) is 4.46. The fourth-order valence-electron chi connectivity index (χ4n) is 4.24. The van der Waals surface area contributed by atoms with Crippen LogP contribution in [0.1, 0.15) is 23.9 Å². The summed E-state index contributed by atoms with van der Waals surface area (Å²) < 4.78 is 20.3. The number of methoxy groups -OCH3 is 1. The summed E-state index contributed by atoms with van der Waals surface area (Å²) in [6, 6.07) is 12.8. The maximum atomic E-state index is 13.6. The first-order valence-electron chi connectivity index (χ1n) is 10.4. The summed E-state index contributed by atoms with van der Waals surface area (Å²) in [7, 11) is 1.27. The average Bonchev–Trinajstić information content (AvgIpc) is 3.19. The number of halogens is 3. The highest BCUT2D eigenvalue weighted by Crippen LogP contribution is 2.38. The highest BCUT2D eigenvalue weighted by molar-refractivity contribution is 6.35. The summed E-state index contributed by atoms with van der Waals surface area (Å²) in [5.74, 6) is -1.35. The van der Waals surface area contributed by atoms with E-state index < -0.39 is 11.9 Å². The lowest BCUT2D eigenvalue weighted by molar-refractivity contribution is -0.136. The van der Waals surface area contributed by atoms with E-state index in [9.17, 15) is 14.0 Å². The van der Waals surface area contributed by atoms with Gasteiger partial charge in [0, 0.05) is 32.8 Å². The number of aryl methyl sites for hydroxylation is 1. The number of hydrogen-bond donors (Lipinski definition) is 0. The van der Waals surface area contributed by atoms with Gasteiger partial charge >= 0.3 is 5.97 Å². The van der Waals surface area contributed by atoms with Crippen molar-refractivity contribution in [3.63, 3.8) is 0 Å². The van der Waals surface area contributed by atoms with Gasteiger partial charge in [-0.1, -0.05) is 23.2 Å². The molecule has 0 aliphatic carbocycles. The monoisotopic (exact) mass is 498 g/mol. The van der Waals surface area contributed by atoms with E-state index in [2.05, 4.69) is 0 Å². The van der Waals surface area contributed by atoms with Crippen LogP contribution in [-0.2, 0) is 14.3 Å². The van der Waals surface area contributed by atoms with Crippen LogP contribution in [0.5, 0.6) is 0 Å². The zero-order valence-corrected chi connectivity index (χ0v) is 20.5. The molecule has 0 fully saturated rings. The molecule has 2 heterocycles. The Kier molecular flexibility index (Phi) is 6.39. The number of allylic oxidation sites excluding steroid dienone is 1. The molecule has 8 heteroatoms. The Hall–Kier alpha value is -3.35. The molecule has 0 saturated heterocycles. The van der Waals surface area contributed by atoms with Crippen LogP contribution in [0.4, 0.5) is 10.1 Å². The van der Waals surface area contributed by atoms with Gasteiger partial charge in [-0.05, 0) is 80.9 Å². The van der Waals surface area contributed by atoms with Crippen LogP contribution in [-0.4, -0.2) is 23.6 Å². The first kappa shape index (κ1) is 23.8. The van der Waals surface area contributed by atoms with E-state index in [1.165, 1.54) is 24.1 Å². The molecule has 0 saturated carbocycles. The molecule has 0 spiro atoms. The topological polar surface area (TPSA) is 51.5 Å². The Balaban J connectivity index is 1.86. The van der Waals surface area contributed by atoms with Crippen molar-refractivity contribution in [2.45, 2.75) is 20.8 Å². The van der Waals surface area contributed by atoms with Gasteiger partial charge in [0.25, 0.3) is 5.91 Å². The summed E-state index contributed by atoms with van der Waals surface area (Å²) >= 11 is 12.3. The van der Waals surface area contributed by atoms with Crippen molar-refractivity contribution in [3.05, 3.63) is 98.2 Å². The Labute approximate surface area is 206 Å². The zero-order valence-electron chi connectivity index (χ0n) is 18.9. The van der Waals surface area contributed by atoms with Gasteiger partial charge in [-0.2, -0.15) is 0 Å². The van der Waals surface area contributed by atoms with E-state index in [0.717, 1.165) is 22.6 Å². The number of carbonyl (C=O) groups excluding carboxylic acids is 2. The largest absolute Gasteiger partial charge is 0.465 e. The Morgan fingerprint density at radius 2 is 1.59 bits per heavy atom. The van der Waals surface area contributed by atoms with E-state index in [1.807, 2.05) is 24.5 Å². The molecule has 2 aromatic carbocycles. The van der Waals surface area contributed by atoms with E-state index in [0.29, 0.717) is 21.4 Å². The lowest BCUT2D eigenvalue weighted by atomic mass is 10.0. The van der Waals surface area contributed by atoms with Crippen molar-refractivity contribution in [2.75, 3.05) is 12.0 Å². The second-order valence-corrected chi connectivity index (χ2v) is 8.79. The maximum absolute atomic E-state index is 13.6. The van der Waals surface area contributed by atoms with E-state index in [1.54, 1.807) is 43.3 Å². The fraction of sp³-hybridized carbons (Fsp3) is 0.154. The van der Waals surface area contributed by atoms with Crippen LogP contribution in [0.15, 0.2) is 65.4 Å². The van der Waals surface area contributed by atoms with Gasteiger partial charge in [0.1, 0.15) is 5.82 Å². The van der Waals surface area contributed by atoms with Crippen molar-refractivity contribution >= 4 is 46.8 Å². The predicted molar refractivity (Wildman–Crippen MR) is 132 cm³/mol. The van der Waals surface area contributed by atoms with Gasteiger partial charge in [-0.15, -0.1) is 0 Å². The van der Waals surface area contributed by atoms with Crippen molar-refractivity contribution < 1.29 is 18.7 Å². The van der Waals surface area contributed by atoms with Gasteiger partial charge in [-0.3, -0.25) is 9.69 Å². The number of carbonyl (C=O) groups is 2. The van der Waals surface area contributed by atoms with Crippen LogP contribution in [0, 0.1) is 19.7 Å². The number of amides is 1. The molecule has 0 radical (unpaired) electrons. The molecule has 3 aromatic rings. The number of aromatic nitrogens is 1. The Bertz CT molecular complexity index is 1370. The number of hydrogen-bond acceptors (Lipinski definition) is 3. The predicted octanol–water partition coefficient (Wildman–Crippen LogP) is 6.42. The quantitative estimate of drug-likeness (QED) is 0.308. The minimum atomic E-state index is -0.625. The van der Waals surface area contributed by atoms with Gasteiger partial charge in [0.15, 0.2) is 0 Å². The number of rotatable bonds is 4. The number of ether oxygens (including phenoxy) is 1. The minimum absolute atomic E-state index is 0.162. The molecule has 1 aromatic heterocycles. The number of esters is 1. The number of nitrogens with zero attached hydrogens (tertiary/aromatic N) is 2. The molecular weight excluding hydrogens is 478 g/mol. The highest BCUT2D eigenvalue weighted by Gasteiger charge is 2.38. The molecule has 0 N–H and O–H groups in total. The van der Waals surface area contributed by atoms with Gasteiger partial charge in [-0.25, -0.2) is 9.18 Å². The van der Waals surface area contributed by atoms with Gasteiger partial charge in [0.2, 0.25) is 0 Å². The van der Waals surface area contributed by atoms with E-state index in [4.69, 9.17) is 27.9 Å². The van der Waals surface area contributed by atoms with E-state index in [-0.39, 0.29) is 17.0 Å². The summed E-state index contributed by atoms with van der Waals surface area (Å²) in [6.07, 6.45) is 1.67. The SMILES string of the molecule is COC(=O)C1=C(C)N(c2cc(Cl)cc(Cl)c2)C(=O)/C1=C\c1cc(C)n(-c2ccc(F)cc2)c1C. The maximum Gasteiger partial charge on any atom is 0.340 e. The summed E-state index contributed by atoms with van der Waals surface area (Å²) in [4.78, 5) is 27.7. The lowest BCUT2D eigenvalue weighted by Gasteiger charge is -2.18. The standard InChI is InChI=1S/C26H21Cl2FN2O3/c1-14-9-17(15(2)30(14)21-7-5-20(29)6-8-21)10-23-24(26(33)34-4)16(3)31(25(23)32)22-12-18(27)11-19(28)13-22/h5-13H,1-4H3/b23-10-. The molecule has 34 heavy (non-hydrogen) atoms. The first-order chi connectivity index (χ1) is 16.1. The smallest absolute Gasteiger partial charge is 0.340 e.